The molecule has 2 N–H and O–H groups in total. The van der Waals surface area contributed by atoms with Crippen LogP contribution in [0.15, 0.2) is 79.3 Å². The summed E-state index contributed by atoms with van der Waals surface area (Å²) in [6.07, 6.45) is 1.63. The van der Waals surface area contributed by atoms with Crippen molar-refractivity contribution in [2.45, 2.75) is 26.2 Å². The lowest BCUT2D eigenvalue weighted by Crippen LogP contribution is -2.15. The van der Waals surface area contributed by atoms with E-state index < -0.39 is 11.9 Å². The quantitative estimate of drug-likeness (QED) is 0.339. The maximum absolute atomic E-state index is 12.6. The Bertz CT molecular complexity index is 1160. The van der Waals surface area contributed by atoms with Crippen LogP contribution in [0.5, 0.6) is 0 Å². The van der Waals surface area contributed by atoms with E-state index in [1.165, 1.54) is 6.07 Å². The fourth-order valence-electron chi connectivity index (χ4n) is 3.03. The van der Waals surface area contributed by atoms with Crippen molar-refractivity contribution in [3.05, 3.63) is 90.6 Å². The van der Waals surface area contributed by atoms with Crippen molar-refractivity contribution >= 4 is 24.3 Å². The fourth-order valence-corrected chi connectivity index (χ4v) is 3.03. The van der Waals surface area contributed by atoms with E-state index in [-0.39, 0.29) is 18.0 Å². The summed E-state index contributed by atoms with van der Waals surface area (Å²) in [5.41, 5.74) is 2.45. The van der Waals surface area contributed by atoms with Crippen molar-refractivity contribution in [3.8, 4) is 11.1 Å². The van der Waals surface area contributed by atoms with Crippen LogP contribution in [-0.4, -0.2) is 27.6 Å². The molecule has 0 aliphatic rings. The Morgan fingerprint density at radius 1 is 0.971 bits per heavy atom. The van der Waals surface area contributed by atoms with E-state index in [0.717, 1.165) is 34.7 Å². The highest BCUT2D eigenvalue weighted by molar-refractivity contribution is 6.61. The molecule has 3 rings (SSSR count). The Morgan fingerprint density at radius 3 is 2.18 bits per heavy atom. The maximum atomic E-state index is 12.6. The highest BCUT2D eigenvalue weighted by Crippen LogP contribution is 2.27. The van der Waals surface area contributed by atoms with Gasteiger partial charge in [-0.05, 0) is 29.3 Å². The van der Waals surface area contributed by atoms with Crippen LogP contribution in [0.2, 0.25) is 13.6 Å². The smallest absolute Gasteiger partial charge is 0.325 e. The predicted molar refractivity (Wildman–Crippen MR) is 128 cm³/mol. The number of amides is 1. The average molecular weight is 465 g/mol. The molecule has 0 saturated heterocycles. The lowest BCUT2D eigenvalue weighted by atomic mass is 9.54. The lowest BCUT2D eigenvalue weighted by molar-refractivity contribution is -0.141. The van der Waals surface area contributed by atoms with Crippen LogP contribution in [0.25, 0.3) is 11.1 Å². The molecule has 0 bridgehead atoms. The van der Waals surface area contributed by atoms with E-state index in [0.29, 0.717) is 12.7 Å². The molecule has 10 heteroatoms. The lowest BCUT2D eigenvalue weighted by Gasteiger charge is -2.09. The molecule has 0 aliphatic carbocycles. The molecule has 0 unspecified atom stereocenters. The van der Waals surface area contributed by atoms with Crippen molar-refractivity contribution < 1.29 is 18.0 Å². The molecule has 0 saturated carbocycles. The van der Waals surface area contributed by atoms with Crippen LogP contribution in [0.3, 0.4) is 0 Å². The average Bonchev–Trinajstić information content (AvgIpc) is 2.79. The Morgan fingerprint density at radius 2 is 1.65 bits per heavy atom. The van der Waals surface area contributed by atoms with Gasteiger partial charge in [-0.25, -0.2) is 15.0 Å². The number of hydrogen-bond acceptors (Lipinski definition) is 5. The zero-order chi connectivity index (χ0) is 24.7. The molecular weight excluding hydrogens is 442 g/mol. The van der Waals surface area contributed by atoms with Gasteiger partial charge in [0.2, 0.25) is 11.9 Å². The van der Waals surface area contributed by atoms with Crippen molar-refractivity contribution in [2.24, 2.45) is 0 Å². The van der Waals surface area contributed by atoms with Crippen LogP contribution >= 0.6 is 0 Å². The number of nitrogens with one attached hydrogen (secondary N) is 2. The number of aromatic nitrogens is 3. The number of halogens is 3. The van der Waals surface area contributed by atoms with E-state index in [1.807, 2.05) is 18.1 Å². The summed E-state index contributed by atoms with van der Waals surface area (Å²) in [6.45, 7) is 8.26. The Balaban J connectivity index is 1.59. The number of anilines is 2. The van der Waals surface area contributed by atoms with Gasteiger partial charge in [0.15, 0.2) is 6.71 Å². The Kier molecular flexibility index (Phi) is 7.83. The Hall–Kier alpha value is -3.95. The predicted octanol–water partition coefficient (Wildman–Crippen LogP) is 5.51. The molecule has 0 radical (unpaired) electrons. The zero-order valence-corrected chi connectivity index (χ0v) is 18.7. The highest BCUT2D eigenvalue weighted by Gasteiger charge is 2.32. The SMILES string of the molecule is C=C/C(=C\B(C)C)Nc1ncc(-c2ccc(CC(=O)Nc3ccc(C(F)(F)F)nc3)cc2)cn1. The van der Waals surface area contributed by atoms with Crippen molar-refractivity contribution in [3.63, 3.8) is 0 Å². The number of nitrogens with zero attached hydrogens (tertiary/aromatic N) is 3. The van der Waals surface area contributed by atoms with Gasteiger partial charge < -0.3 is 10.6 Å². The molecule has 174 valence electrons. The van der Waals surface area contributed by atoms with Gasteiger partial charge in [0.1, 0.15) is 5.69 Å². The molecule has 3 aromatic rings. The third-order valence-corrected chi connectivity index (χ3v) is 4.63. The van der Waals surface area contributed by atoms with Crippen molar-refractivity contribution in [1.82, 2.24) is 15.0 Å². The van der Waals surface area contributed by atoms with Crippen LogP contribution in [-0.2, 0) is 17.4 Å². The van der Waals surface area contributed by atoms with Gasteiger partial charge >= 0.3 is 6.18 Å². The first-order valence-electron chi connectivity index (χ1n) is 10.5. The summed E-state index contributed by atoms with van der Waals surface area (Å²) in [4.78, 5) is 24.2. The minimum Gasteiger partial charge on any atom is -0.325 e. The van der Waals surface area contributed by atoms with Gasteiger partial charge in [-0.1, -0.05) is 50.5 Å². The molecular formula is C24H23BF3N5O. The minimum absolute atomic E-state index is 0.0627. The number of alkyl halides is 3. The topological polar surface area (TPSA) is 79.8 Å². The molecule has 34 heavy (non-hydrogen) atoms. The summed E-state index contributed by atoms with van der Waals surface area (Å²) < 4.78 is 37.8. The number of allylic oxidation sites excluding steroid dienone is 1. The molecule has 1 amide bonds. The van der Waals surface area contributed by atoms with E-state index in [4.69, 9.17) is 0 Å². The third kappa shape index (κ3) is 7.03. The second kappa shape index (κ2) is 10.8. The highest BCUT2D eigenvalue weighted by atomic mass is 19.4. The second-order valence-corrected chi connectivity index (χ2v) is 7.84. The number of carbonyl (C=O) groups excluding carboxylic acids is 1. The standard InChI is InChI=1S/C24H23BF3N5O/c1-4-19(12-25(2)3)33-23-30-13-18(14-31-23)17-7-5-16(6-8-17)11-22(34)32-20-9-10-21(29-15-20)24(26,27)28/h4-10,12-15H,1,11H2,2-3H3,(H,32,34)(H,30,31,33)/b19-12+. The number of pyridine rings is 1. The number of rotatable bonds is 8. The second-order valence-electron chi connectivity index (χ2n) is 7.84. The maximum Gasteiger partial charge on any atom is 0.433 e. The van der Waals surface area contributed by atoms with E-state index in [9.17, 15) is 18.0 Å². The van der Waals surface area contributed by atoms with Crippen LogP contribution < -0.4 is 10.6 Å². The number of hydrogen-bond donors (Lipinski definition) is 2. The first-order valence-corrected chi connectivity index (χ1v) is 10.5. The van der Waals surface area contributed by atoms with Gasteiger partial charge in [0.25, 0.3) is 0 Å². The largest absolute Gasteiger partial charge is 0.433 e. The molecule has 0 aliphatic heterocycles. The third-order valence-electron chi connectivity index (χ3n) is 4.63. The summed E-state index contributed by atoms with van der Waals surface area (Å²) in [7, 11) is 0. The monoisotopic (exact) mass is 465 g/mol. The van der Waals surface area contributed by atoms with Gasteiger partial charge in [0, 0.05) is 23.7 Å². The molecule has 2 aromatic heterocycles. The molecule has 0 fully saturated rings. The molecule has 2 heterocycles. The zero-order valence-electron chi connectivity index (χ0n) is 18.7. The fraction of sp³-hybridized carbons (Fsp3) is 0.167. The molecule has 6 nitrogen and oxygen atoms in total. The first-order chi connectivity index (χ1) is 16.1. The van der Waals surface area contributed by atoms with E-state index in [1.54, 1.807) is 30.6 Å². The van der Waals surface area contributed by atoms with Gasteiger partial charge in [-0.15, -0.1) is 0 Å². The number of carbonyl (C=O) groups is 1. The summed E-state index contributed by atoms with van der Waals surface area (Å²) in [5.74, 6) is 2.12. The molecule has 0 atom stereocenters. The van der Waals surface area contributed by atoms with E-state index >= 15 is 0 Å². The van der Waals surface area contributed by atoms with Gasteiger partial charge in [-0.3, -0.25) is 4.79 Å². The van der Waals surface area contributed by atoms with Crippen LogP contribution in [0.4, 0.5) is 24.8 Å². The van der Waals surface area contributed by atoms with Gasteiger partial charge in [0.05, 0.1) is 18.3 Å². The molecule has 1 aromatic carbocycles. The summed E-state index contributed by atoms with van der Waals surface area (Å²) in [6, 6.07) is 9.29. The first kappa shape index (κ1) is 24.7. The van der Waals surface area contributed by atoms with Crippen LogP contribution in [0.1, 0.15) is 11.3 Å². The summed E-state index contributed by atoms with van der Waals surface area (Å²) in [5, 5.41) is 5.66. The van der Waals surface area contributed by atoms with Crippen molar-refractivity contribution in [1.29, 1.82) is 0 Å². The normalized spacial score (nSPS) is 11.6. The Labute approximate surface area is 196 Å². The molecule has 0 spiro atoms. The van der Waals surface area contributed by atoms with Gasteiger partial charge in [-0.2, -0.15) is 13.2 Å². The number of benzene rings is 1. The minimum atomic E-state index is -4.52. The van der Waals surface area contributed by atoms with Crippen molar-refractivity contribution in [2.75, 3.05) is 10.6 Å². The van der Waals surface area contributed by atoms with Crippen LogP contribution in [0, 0.1) is 0 Å². The van der Waals surface area contributed by atoms with E-state index in [2.05, 4.69) is 45.8 Å². The summed E-state index contributed by atoms with van der Waals surface area (Å²) >= 11 is 0.